The number of hydrogen-bond donors (Lipinski definition) is 3. The summed E-state index contributed by atoms with van der Waals surface area (Å²) in [6.07, 6.45) is 3.31. The zero-order chi connectivity index (χ0) is 16.3. The van der Waals surface area contributed by atoms with Gasteiger partial charge in [-0.05, 0) is 0 Å². The molecule has 0 heterocycles. The van der Waals surface area contributed by atoms with E-state index in [1.165, 1.54) is 12.8 Å². The number of carboxylic acids is 3. The predicted octanol–water partition coefficient (Wildman–Crippen LogP) is 3.25. The number of carbonyl (C=O) groups is 3. The number of hydrogen-bond acceptors (Lipinski definition) is 3. The molecule has 0 atom stereocenters. The molecule has 0 rings (SSSR count). The highest BCUT2D eigenvalue weighted by atomic mass is 16.4. The van der Waals surface area contributed by atoms with Crippen molar-refractivity contribution < 1.29 is 29.7 Å². The van der Waals surface area contributed by atoms with Gasteiger partial charge in [-0.1, -0.05) is 47.5 Å². The van der Waals surface area contributed by atoms with E-state index in [1.54, 1.807) is 20.8 Å². The van der Waals surface area contributed by atoms with Gasteiger partial charge in [-0.25, -0.2) is 0 Å². The highest BCUT2D eigenvalue weighted by molar-refractivity contribution is 5.66. The first-order chi connectivity index (χ1) is 8.72. The monoisotopic (exact) mass is 280 g/mol. The van der Waals surface area contributed by atoms with Crippen LogP contribution in [0.15, 0.2) is 0 Å². The maximum atomic E-state index is 9.37. The van der Waals surface area contributed by atoms with E-state index in [-0.39, 0.29) is 19.3 Å². The predicted molar refractivity (Wildman–Crippen MR) is 74.4 cm³/mol. The van der Waals surface area contributed by atoms with Gasteiger partial charge in [0.1, 0.15) is 0 Å². The Morgan fingerprint density at radius 2 is 0.684 bits per heavy atom. The first-order valence-electron chi connectivity index (χ1n) is 6.38. The van der Waals surface area contributed by atoms with E-state index in [1.807, 2.05) is 0 Å². The Balaban J connectivity index is -0.0000000793. The largest absolute Gasteiger partial charge is 0.481 e. The van der Waals surface area contributed by atoms with Crippen molar-refractivity contribution in [1.82, 2.24) is 0 Å². The molecule has 0 aromatic carbocycles. The molecule has 0 saturated carbocycles. The third-order valence-electron chi connectivity index (χ3n) is 1.41. The SMILES string of the molecule is CCC(=O)O.CCC(=O)O.CCC(=O)O.CCCC. The number of carboxylic acid groups (broad SMARTS) is 3. The van der Waals surface area contributed by atoms with Crippen LogP contribution in [0.25, 0.3) is 0 Å². The van der Waals surface area contributed by atoms with Gasteiger partial charge < -0.3 is 15.3 Å². The molecule has 0 aliphatic rings. The van der Waals surface area contributed by atoms with Gasteiger partial charge in [0, 0.05) is 19.3 Å². The maximum Gasteiger partial charge on any atom is 0.303 e. The molecular formula is C13H28O6. The minimum Gasteiger partial charge on any atom is -0.481 e. The summed E-state index contributed by atoms with van der Waals surface area (Å²) >= 11 is 0. The molecule has 116 valence electrons. The summed E-state index contributed by atoms with van der Waals surface area (Å²) in [4.78, 5) is 28.1. The zero-order valence-electron chi connectivity index (χ0n) is 12.6. The number of rotatable bonds is 4. The van der Waals surface area contributed by atoms with E-state index in [2.05, 4.69) is 13.8 Å². The van der Waals surface area contributed by atoms with E-state index in [0.717, 1.165) is 0 Å². The van der Waals surface area contributed by atoms with Crippen LogP contribution in [0.3, 0.4) is 0 Å². The van der Waals surface area contributed by atoms with Crippen LogP contribution in [0.2, 0.25) is 0 Å². The minimum atomic E-state index is -0.745. The lowest BCUT2D eigenvalue weighted by Crippen LogP contribution is -1.86. The average molecular weight is 280 g/mol. The van der Waals surface area contributed by atoms with Gasteiger partial charge in [-0.3, -0.25) is 14.4 Å². The van der Waals surface area contributed by atoms with Gasteiger partial charge >= 0.3 is 17.9 Å². The van der Waals surface area contributed by atoms with Crippen molar-refractivity contribution in [1.29, 1.82) is 0 Å². The lowest BCUT2D eigenvalue weighted by molar-refractivity contribution is -0.137. The molecule has 0 fully saturated rings. The number of aliphatic carboxylic acids is 3. The smallest absolute Gasteiger partial charge is 0.303 e. The molecule has 0 bridgehead atoms. The van der Waals surface area contributed by atoms with Crippen LogP contribution in [-0.4, -0.2) is 33.2 Å². The molecule has 0 spiro atoms. The van der Waals surface area contributed by atoms with Crippen LogP contribution in [0.5, 0.6) is 0 Å². The molecule has 0 radical (unpaired) electrons. The van der Waals surface area contributed by atoms with Crippen LogP contribution >= 0.6 is 0 Å². The lowest BCUT2D eigenvalue weighted by atomic mass is 10.4. The fourth-order valence-electron chi connectivity index (χ4n) is 0. The van der Waals surface area contributed by atoms with Gasteiger partial charge in [0.2, 0.25) is 0 Å². The van der Waals surface area contributed by atoms with Crippen molar-refractivity contribution in [3.05, 3.63) is 0 Å². The third-order valence-corrected chi connectivity index (χ3v) is 1.41. The average Bonchev–Trinajstić information content (AvgIpc) is 2.40. The van der Waals surface area contributed by atoms with Crippen LogP contribution in [0.1, 0.15) is 66.7 Å². The Labute approximate surface area is 115 Å². The van der Waals surface area contributed by atoms with Gasteiger partial charge in [-0.2, -0.15) is 0 Å². The quantitative estimate of drug-likeness (QED) is 0.728. The van der Waals surface area contributed by atoms with Crippen molar-refractivity contribution in [2.45, 2.75) is 66.7 Å². The summed E-state index contributed by atoms with van der Waals surface area (Å²) < 4.78 is 0. The summed E-state index contributed by atoms with van der Waals surface area (Å²) in [6.45, 7) is 9.16. The summed E-state index contributed by atoms with van der Waals surface area (Å²) in [5.41, 5.74) is 0. The highest BCUT2D eigenvalue weighted by Gasteiger charge is 1.81. The molecular weight excluding hydrogens is 252 g/mol. The Morgan fingerprint density at radius 3 is 0.684 bits per heavy atom. The molecule has 6 heteroatoms. The van der Waals surface area contributed by atoms with Gasteiger partial charge in [-0.15, -0.1) is 0 Å². The second-order valence-corrected chi connectivity index (χ2v) is 3.24. The van der Waals surface area contributed by atoms with E-state index >= 15 is 0 Å². The van der Waals surface area contributed by atoms with Crippen LogP contribution in [-0.2, 0) is 14.4 Å². The zero-order valence-corrected chi connectivity index (χ0v) is 12.6. The molecule has 0 saturated heterocycles. The molecule has 0 unspecified atom stereocenters. The molecule has 0 aliphatic heterocycles. The molecule has 6 nitrogen and oxygen atoms in total. The summed E-state index contributed by atoms with van der Waals surface area (Å²) in [5, 5.41) is 23.2. The fraction of sp³-hybridized carbons (Fsp3) is 0.769. The van der Waals surface area contributed by atoms with Crippen LogP contribution in [0, 0.1) is 0 Å². The molecule has 0 aromatic rings. The molecule has 0 aliphatic carbocycles. The molecule has 0 aromatic heterocycles. The normalized spacial score (nSPS) is 7.42. The van der Waals surface area contributed by atoms with Gasteiger partial charge in [0.05, 0.1) is 0 Å². The Bertz CT molecular complexity index is 178. The van der Waals surface area contributed by atoms with Crippen molar-refractivity contribution >= 4 is 17.9 Å². The van der Waals surface area contributed by atoms with E-state index < -0.39 is 17.9 Å². The van der Waals surface area contributed by atoms with E-state index in [0.29, 0.717) is 0 Å². The van der Waals surface area contributed by atoms with Crippen molar-refractivity contribution in [3.63, 3.8) is 0 Å². The lowest BCUT2D eigenvalue weighted by Gasteiger charge is -1.71. The van der Waals surface area contributed by atoms with Crippen LogP contribution < -0.4 is 0 Å². The van der Waals surface area contributed by atoms with Crippen LogP contribution in [0.4, 0.5) is 0 Å². The minimum absolute atomic E-state index is 0.222. The Hall–Kier alpha value is -1.59. The maximum absolute atomic E-state index is 9.37. The van der Waals surface area contributed by atoms with Crippen molar-refractivity contribution in [2.24, 2.45) is 0 Å². The Morgan fingerprint density at radius 1 is 0.579 bits per heavy atom. The Kier molecular flexibility index (Phi) is 34.7. The molecule has 0 amide bonds. The van der Waals surface area contributed by atoms with E-state index in [9.17, 15) is 14.4 Å². The topological polar surface area (TPSA) is 112 Å². The standard InChI is InChI=1S/C4H10.3C3H6O2/c1-3-4-2;3*1-2-3(4)5/h3-4H2,1-2H3;3*2H2,1H3,(H,4,5). The summed E-state index contributed by atoms with van der Waals surface area (Å²) in [6, 6.07) is 0. The first kappa shape index (κ1) is 26.1. The summed E-state index contributed by atoms with van der Waals surface area (Å²) in [5.74, 6) is -2.24. The number of unbranched alkanes of at least 4 members (excludes halogenated alkanes) is 1. The highest BCUT2D eigenvalue weighted by Crippen LogP contribution is 1.76. The summed E-state index contributed by atoms with van der Waals surface area (Å²) in [7, 11) is 0. The van der Waals surface area contributed by atoms with Crippen molar-refractivity contribution in [3.8, 4) is 0 Å². The van der Waals surface area contributed by atoms with Gasteiger partial charge in [0.15, 0.2) is 0 Å². The first-order valence-corrected chi connectivity index (χ1v) is 6.38. The molecule has 3 N–H and O–H groups in total. The fourth-order valence-corrected chi connectivity index (χ4v) is 0. The second-order valence-electron chi connectivity index (χ2n) is 3.24. The van der Waals surface area contributed by atoms with Gasteiger partial charge in [0.25, 0.3) is 0 Å². The second kappa shape index (κ2) is 25.3. The van der Waals surface area contributed by atoms with E-state index in [4.69, 9.17) is 15.3 Å². The third kappa shape index (κ3) is 116. The van der Waals surface area contributed by atoms with Crippen molar-refractivity contribution in [2.75, 3.05) is 0 Å². The molecule has 19 heavy (non-hydrogen) atoms.